The van der Waals surface area contributed by atoms with Gasteiger partial charge in [-0.3, -0.25) is 0 Å². The van der Waals surface area contributed by atoms with Crippen molar-refractivity contribution >= 4 is 11.8 Å². The van der Waals surface area contributed by atoms with Crippen LogP contribution in [0.1, 0.15) is 12.8 Å². The lowest BCUT2D eigenvalue weighted by Crippen LogP contribution is -2.37. The summed E-state index contributed by atoms with van der Waals surface area (Å²) in [5, 5.41) is 0. The second-order valence-corrected chi connectivity index (χ2v) is 4.06. The summed E-state index contributed by atoms with van der Waals surface area (Å²) in [6, 6.07) is -0.0113. The standard InChI is InChI=1S/C7H13F2NS/c8-7(9)3-5-1-2-11-4-6(5)10/h5-7H,1-4,10H2. The molecule has 2 unspecified atom stereocenters. The maximum absolute atomic E-state index is 11.9. The second kappa shape index (κ2) is 4.26. The van der Waals surface area contributed by atoms with Gasteiger partial charge in [-0.2, -0.15) is 11.8 Å². The van der Waals surface area contributed by atoms with Crippen LogP contribution in [0.2, 0.25) is 0 Å². The number of hydrogen-bond donors (Lipinski definition) is 1. The van der Waals surface area contributed by atoms with E-state index in [4.69, 9.17) is 5.73 Å². The van der Waals surface area contributed by atoms with Crippen molar-refractivity contribution in [3.63, 3.8) is 0 Å². The Bertz CT molecular complexity index is 121. The van der Waals surface area contributed by atoms with Crippen LogP contribution in [0, 0.1) is 5.92 Å². The molecular formula is C7H13F2NS. The zero-order chi connectivity index (χ0) is 8.27. The summed E-state index contributed by atoms with van der Waals surface area (Å²) in [5.74, 6) is 1.89. The first-order chi connectivity index (χ1) is 5.20. The third kappa shape index (κ3) is 2.95. The summed E-state index contributed by atoms with van der Waals surface area (Å²) in [5.41, 5.74) is 5.67. The molecule has 0 aromatic heterocycles. The molecule has 0 bridgehead atoms. The van der Waals surface area contributed by atoms with Crippen molar-refractivity contribution < 1.29 is 8.78 Å². The highest BCUT2D eigenvalue weighted by Crippen LogP contribution is 2.26. The smallest absolute Gasteiger partial charge is 0.239 e. The van der Waals surface area contributed by atoms with E-state index in [1.807, 2.05) is 0 Å². The number of halogens is 2. The van der Waals surface area contributed by atoms with Crippen molar-refractivity contribution in [2.75, 3.05) is 11.5 Å². The van der Waals surface area contributed by atoms with E-state index in [2.05, 4.69) is 0 Å². The van der Waals surface area contributed by atoms with Gasteiger partial charge in [0.1, 0.15) is 0 Å². The van der Waals surface area contributed by atoms with Gasteiger partial charge < -0.3 is 5.73 Å². The molecule has 0 saturated carbocycles. The molecular weight excluding hydrogens is 168 g/mol. The first-order valence-corrected chi connectivity index (χ1v) is 4.97. The predicted molar refractivity (Wildman–Crippen MR) is 44.0 cm³/mol. The Morgan fingerprint density at radius 2 is 2.27 bits per heavy atom. The number of rotatable bonds is 2. The van der Waals surface area contributed by atoms with E-state index in [9.17, 15) is 8.78 Å². The summed E-state index contributed by atoms with van der Waals surface area (Å²) in [7, 11) is 0. The predicted octanol–water partition coefficient (Wildman–Crippen LogP) is 1.72. The molecule has 0 aromatic carbocycles. The largest absolute Gasteiger partial charge is 0.327 e. The fourth-order valence-electron chi connectivity index (χ4n) is 1.33. The van der Waals surface area contributed by atoms with Crippen molar-refractivity contribution in [3.8, 4) is 0 Å². The van der Waals surface area contributed by atoms with E-state index >= 15 is 0 Å². The average Bonchev–Trinajstić information content (AvgIpc) is 1.93. The molecule has 0 aromatic rings. The number of nitrogens with two attached hydrogens (primary N) is 1. The van der Waals surface area contributed by atoms with Crippen LogP contribution in [0.5, 0.6) is 0 Å². The van der Waals surface area contributed by atoms with Gasteiger partial charge in [-0.15, -0.1) is 0 Å². The molecule has 1 saturated heterocycles. The quantitative estimate of drug-likeness (QED) is 0.702. The maximum Gasteiger partial charge on any atom is 0.239 e. The third-order valence-electron chi connectivity index (χ3n) is 2.03. The van der Waals surface area contributed by atoms with Gasteiger partial charge in [0.05, 0.1) is 0 Å². The Morgan fingerprint density at radius 3 is 2.82 bits per heavy atom. The Kier molecular flexibility index (Phi) is 3.59. The van der Waals surface area contributed by atoms with Crippen LogP contribution in [-0.4, -0.2) is 24.0 Å². The van der Waals surface area contributed by atoms with E-state index in [1.54, 1.807) is 11.8 Å². The summed E-state index contributed by atoms with van der Waals surface area (Å²) in [6.45, 7) is 0. The highest BCUT2D eigenvalue weighted by atomic mass is 32.2. The lowest BCUT2D eigenvalue weighted by Gasteiger charge is -2.27. The molecule has 1 fully saturated rings. The molecule has 1 aliphatic rings. The summed E-state index contributed by atoms with van der Waals surface area (Å²) < 4.78 is 23.9. The van der Waals surface area contributed by atoms with Crippen molar-refractivity contribution in [3.05, 3.63) is 0 Å². The van der Waals surface area contributed by atoms with E-state index < -0.39 is 6.43 Å². The average molecular weight is 181 g/mol. The molecule has 0 radical (unpaired) electrons. The number of alkyl halides is 2. The van der Waals surface area contributed by atoms with Crippen LogP contribution < -0.4 is 5.73 Å². The molecule has 11 heavy (non-hydrogen) atoms. The molecule has 0 aliphatic carbocycles. The third-order valence-corrected chi connectivity index (χ3v) is 3.17. The molecule has 0 amide bonds. The second-order valence-electron chi connectivity index (χ2n) is 2.91. The summed E-state index contributed by atoms with van der Waals surface area (Å²) in [6.07, 6.45) is -1.34. The van der Waals surface area contributed by atoms with Crippen LogP contribution in [0.25, 0.3) is 0 Å². The minimum absolute atomic E-state index is 0.0113. The monoisotopic (exact) mass is 181 g/mol. The van der Waals surface area contributed by atoms with Crippen LogP contribution >= 0.6 is 11.8 Å². The van der Waals surface area contributed by atoms with Gasteiger partial charge in [-0.05, 0) is 18.1 Å². The van der Waals surface area contributed by atoms with Crippen molar-refractivity contribution in [1.82, 2.24) is 0 Å². The molecule has 1 nitrogen and oxygen atoms in total. The van der Waals surface area contributed by atoms with Crippen molar-refractivity contribution in [2.45, 2.75) is 25.3 Å². The molecule has 0 spiro atoms. The van der Waals surface area contributed by atoms with Crippen LogP contribution in [0.15, 0.2) is 0 Å². The minimum atomic E-state index is -2.19. The van der Waals surface area contributed by atoms with Gasteiger partial charge in [0, 0.05) is 18.2 Å². The van der Waals surface area contributed by atoms with Crippen LogP contribution in [0.4, 0.5) is 8.78 Å². The lowest BCUT2D eigenvalue weighted by molar-refractivity contribution is 0.108. The molecule has 1 rings (SSSR count). The molecule has 2 N–H and O–H groups in total. The fourth-order valence-corrected chi connectivity index (χ4v) is 2.51. The highest BCUT2D eigenvalue weighted by molar-refractivity contribution is 7.99. The summed E-state index contributed by atoms with van der Waals surface area (Å²) in [4.78, 5) is 0. The highest BCUT2D eigenvalue weighted by Gasteiger charge is 2.24. The van der Waals surface area contributed by atoms with E-state index in [0.717, 1.165) is 17.9 Å². The minimum Gasteiger partial charge on any atom is -0.327 e. The first-order valence-electron chi connectivity index (χ1n) is 3.81. The number of thioether (sulfide) groups is 1. The zero-order valence-corrected chi connectivity index (χ0v) is 7.12. The van der Waals surface area contributed by atoms with Gasteiger partial charge in [0.25, 0.3) is 0 Å². The zero-order valence-electron chi connectivity index (χ0n) is 6.30. The molecule has 1 heterocycles. The van der Waals surface area contributed by atoms with E-state index in [-0.39, 0.29) is 18.4 Å². The van der Waals surface area contributed by atoms with Crippen LogP contribution in [0.3, 0.4) is 0 Å². The fraction of sp³-hybridized carbons (Fsp3) is 1.00. The van der Waals surface area contributed by atoms with E-state index in [1.165, 1.54) is 0 Å². The Labute approximate surface area is 69.7 Å². The SMILES string of the molecule is NC1CSCCC1CC(F)F. The van der Waals surface area contributed by atoms with Crippen LogP contribution in [-0.2, 0) is 0 Å². The van der Waals surface area contributed by atoms with Gasteiger partial charge >= 0.3 is 0 Å². The van der Waals surface area contributed by atoms with E-state index in [0.29, 0.717) is 0 Å². The van der Waals surface area contributed by atoms with Gasteiger partial charge in [0.15, 0.2) is 0 Å². The normalized spacial score (nSPS) is 32.7. The molecule has 4 heteroatoms. The molecule has 1 aliphatic heterocycles. The first kappa shape index (κ1) is 9.26. The topological polar surface area (TPSA) is 26.0 Å². The van der Waals surface area contributed by atoms with Gasteiger partial charge in [-0.1, -0.05) is 0 Å². The Hall–Kier alpha value is 0.170. The van der Waals surface area contributed by atoms with Crippen molar-refractivity contribution in [1.29, 1.82) is 0 Å². The van der Waals surface area contributed by atoms with Gasteiger partial charge in [0.2, 0.25) is 6.43 Å². The summed E-state index contributed by atoms with van der Waals surface area (Å²) >= 11 is 1.76. The lowest BCUT2D eigenvalue weighted by atomic mass is 9.95. The maximum atomic E-state index is 11.9. The van der Waals surface area contributed by atoms with Crippen molar-refractivity contribution in [2.24, 2.45) is 11.7 Å². The van der Waals surface area contributed by atoms with Gasteiger partial charge in [-0.25, -0.2) is 8.78 Å². The molecule has 2 atom stereocenters. The Balaban J connectivity index is 2.29. The molecule has 66 valence electrons. The Morgan fingerprint density at radius 1 is 1.55 bits per heavy atom. The number of hydrogen-bond acceptors (Lipinski definition) is 2.